The van der Waals surface area contributed by atoms with Crippen LogP contribution in [0.4, 0.5) is 0 Å². The Balaban J connectivity index is 1.51. The SMILES string of the molecule is CCc1cc2cc(C(C)C)cc(O)c2nc1Oc1ccc2c3ccccc3n(-c3cc(C)ccn3)c2c1. The maximum absolute atomic E-state index is 10.7. The molecule has 0 atom stereocenters. The summed E-state index contributed by atoms with van der Waals surface area (Å²) in [5, 5.41) is 14.0. The van der Waals surface area contributed by atoms with Gasteiger partial charge in [0.25, 0.3) is 0 Å². The number of fused-ring (bicyclic) bond motifs is 4. The van der Waals surface area contributed by atoms with Gasteiger partial charge in [-0.1, -0.05) is 39.0 Å². The lowest BCUT2D eigenvalue weighted by Gasteiger charge is -2.14. The Bertz CT molecular complexity index is 1800. The predicted octanol–water partition coefficient (Wildman–Crippen LogP) is 8.22. The maximum Gasteiger partial charge on any atom is 0.223 e. The number of rotatable bonds is 5. The van der Waals surface area contributed by atoms with Crippen LogP contribution in [0.5, 0.6) is 17.4 Å². The molecule has 1 N–H and O–H groups in total. The third kappa shape index (κ3) is 3.97. The van der Waals surface area contributed by atoms with E-state index in [-0.39, 0.29) is 5.75 Å². The zero-order chi connectivity index (χ0) is 25.7. The molecule has 0 spiro atoms. The summed E-state index contributed by atoms with van der Waals surface area (Å²) in [6, 6.07) is 24.6. The van der Waals surface area contributed by atoms with Crippen LogP contribution in [-0.4, -0.2) is 19.6 Å². The van der Waals surface area contributed by atoms with E-state index in [1.54, 1.807) is 6.07 Å². The molecule has 184 valence electrons. The van der Waals surface area contributed by atoms with Crippen molar-refractivity contribution in [3.8, 4) is 23.2 Å². The average molecular weight is 488 g/mol. The lowest BCUT2D eigenvalue weighted by atomic mass is 9.99. The third-order valence-corrected chi connectivity index (χ3v) is 7.00. The summed E-state index contributed by atoms with van der Waals surface area (Å²) in [4.78, 5) is 9.43. The summed E-state index contributed by atoms with van der Waals surface area (Å²) in [5.74, 6) is 2.56. The van der Waals surface area contributed by atoms with Gasteiger partial charge in [-0.15, -0.1) is 0 Å². The Labute approximate surface area is 216 Å². The topological polar surface area (TPSA) is 60.2 Å². The fourth-order valence-electron chi connectivity index (χ4n) is 5.01. The van der Waals surface area contributed by atoms with Crippen molar-refractivity contribution in [1.29, 1.82) is 0 Å². The minimum Gasteiger partial charge on any atom is -0.506 e. The van der Waals surface area contributed by atoms with Crippen molar-refractivity contribution in [3.05, 3.63) is 95.7 Å². The predicted molar refractivity (Wildman–Crippen MR) is 150 cm³/mol. The molecule has 0 aliphatic rings. The minimum atomic E-state index is 0.176. The molecule has 3 aromatic heterocycles. The lowest BCUT2D eigenvalue weighted by Crippen LogP contribution is -1.99. The van der Waals surface area contributed by atoms with Crippen LogP contribution < -0.4 is 4.74 Å². The van der Waals surface area contributed by atoms with Crippen LogP contribution in [0, 0.1) is 6.92 Å². The van der Waals surface area contributed by atoms with Gasteiger partial charge in [0.05, 0.1) is 11.0 Å². The molecule has 3 heterocycles. The maximum atomic E-state index is 10.7. The van der Waals surface area contributed by atoms with Gasteiger partial charge in [-0.05, 0) is 78.9 Å². The Morgan fingerprint density at radius 3 is 2.51 bits per heavy atom. The summed E-state index contributed by atoms with van der Waals surface area (Å²) in [6.45, 7) is 8.40. The van der Waals surface area contributed by atoms with E-state index in [1.165, 1.54) is 0 Å². The number of aryl methyl sites for hydroxylation is 2. The van der Waals surface area contributed by atoms with Crippen molar-refractivity contribution >= 4 is 32.7 Å². The zero-order valence-corrected chi connectivity index (χ0v) is 21.5. The second-order valence-electron chi connectivity index (χ2n) is 9.90. The van der Waals surface area contributed by atoms with Crippen LogP contribution >= 0.6 is 0 Å². The number of phenolic OH excluding ortho intramolecular Hbond substituents is 1. The number of aromatic nitrogens is 3. The second kappa shape index (κ2) is 8.93. The van der Waals surface area contributed by atoms with E-state index < -0.39 is 0 Å². The monoisotopic (exact) mass is 487 g/mol. The van der Waals surface area contributed by atoms with Crippen LogP contribution in [0.15, 0.2) is 79.0 Å². The summed E-state index contributed by atoms with van der Waals surface area (Å²) >= 11 is 0. The fraction of sp³-hybridized carbons (Fsp3) is 0.188. The van der Waals surface area contributed by atoms with Crippen molar-refractivity contribution in [1.82, 2.24) is 14.5 Å². The van der Waals surface area contributed by atoms with Crippen LogP contribution in [0.1, 0.15) is 43.4 Å². The van der Waals surface area contributed by atoms with Gasteiger partial charge in [0.1, 0.15) is 22.8 Å². The van der Waals surface area contributed by atoms with Gasteiger partial charge in [-0.2, -0.15) is 0 Å². The smallest absolute Gasteiger partial charge is 0.223 e. The molecule has 6 rings (SSSR count). The van der Waals surface area contributed by atoms with Crippen molar-refractivity contribution in [2.45, 2.75) is 40.0 Å². The molecule has 0 unspecified atom stereocenters. The van der Waals surface area contributed by atoms with Gasteiger partial charge in [0.2, 0.25) is 5.88 Å². The van der Waals surface area contributed by atoms with Crippen molar-refractivity contribution in [2.24, 2.45) is 0 Å². The summed E-state index contributed by atoms with van der Waals surface area (Å²) in [6.07, 6.45) is 2.61. The number of nitrogens with zero attached hydrogens (tertiary/aromatic N) is 3. The number of benzene rings is 3. The molecule has 5 heteroatoms. The van der Waals surface area contributed by atoms with Crippen LogP contribution in [0.3, 0.4) is 0 Å². The number of hydrogen-bond donors (Lipinski definition) is 1. The molecule has 3 aromatic carbocycles. The first-order valence-electron chi connectivity index (χ1n) is 12.7. The molecule has 0 amide bonds. The third-order valence-electron chi connectivity index (χ3n) is 7.00. The number of hydrogen-bond acceptors (Lipinski definition) is 4. The van der Waals surface area contributed by atoms with Crippen molar-refractivity contribution < 1.29 is 9.84 Å². The summed E-state index contributed by atoms with van der Waals surface area (Å²) in [5.41, 5.74) is 5.89. The highest BCUT2D eigenvalue weighted by molar-refractivity contribution is 6.09. The van der Waals surface area contributed by atoms with E-state index in [2.05, 4.69) is 85.8 Å². The highest BCUT2D eigenvalue weighted by Gasteiger charge is 2.16. The largest absolute Gasteiger partial charge is 0.506 e. The fourth-order valence-corrected chi connectivity index (χ4v) is 5.01. The summed E-state index contributed by atoms with van der Waals surface area (Å²) < 4.78 is 8.58. The highest BCUT2D eigenvalue weighted by Crippen LogP contribution is 2.37. The number of ether oxygens (including phenoxy) is 1. The van der Waals surface area contributed by atoms with Gasteiger partial charge in [0, 0.05) is 34.0 Å². The Morgan fingerprint density at radius 1 is 0.919 bits per heavy atom. The summed E-state index contributed by atoms with van der Waals surface area (Å²) in [7, 11) is 0. The van der Waals surface area contributed by atoms with E-state index >= 15 is 0 Å². The van der Waals surface area contributed by atoms with E-state index in [4.69, 9.17) is 9.72 Å². The standard InChI is InChI=1S/C32H29N3O2/c1-5-21-15-23-16-22(19(2)3)17-29(36)31(23)34-32(21)37-24-10-11-26-25-8-6-7-9-27(25)35(28(26)18-24)30-14-20(4)12-13-33-30/h6-19,36H,5H2,1-4H3. The highest BCUT2D eigenvalue weighted by atomic mass is 16.5. The number of aromatic hydroxyl groups is 1. The van der Waals surface area contributed by atoms with Gasteiger partial charge < -0.3 is 9.84 Å². The van der Waals surface area contributed by atoms with E-state index in [0.29, 0.717) is 23.1 Å². The molecule has 0 aliphatic carbocycles. The molecule has 0 radical (unpaired) electrons. The van der Waals surface area contributed by atoms with E-state index in [0.717, 1.165) is 56.1 Å². The first-order valence-corrected chi connectivity index (χ1v) is 12.7. The molecular formula is C32H29N3O2. The van der Waals surface area contributed by atoms with Crippen LogP contribution in [-0.2, 0) is 6.42 Å². The Morgan fingerprint density at radius 2 is 1.73 bits per heavy atom. The molecule has 5 nitrogen and oxygen atoms in total. The van der Waals surface area contributed by atoms with E-state index in [9.17, 15) is 5.11 Å². The van der Waals surface area contributed by atoms with Crippen molar-refractivity contribution in [3.63, 3.8) is 0 Å². The molecule has 0 fully saturated rings. The second-order valence-corrected chi connectivity index (χ2v) is 9.90. The van der Waals surface area contributed by atoms with Gasteiger partial charge >= 0.3 is 0 Å². The quantitative estimate of drug-likeness (QED) is 0.266. The molecular weight excluding hydrogens is 458 g/mol. The Hall–Kier alpha value is -4.38. The molecule has 0 bridgehead atoms. The number of phenols is 1. The average Bonchev–Trinajstić information content (AvgIpc) is 3.22. The van der Waals surface area contributed by atoms with Gasteiger partial charge in [0.15, 0.2) is 0 Å². The zero-order valence-electron chi connectivity index (χ0n) is 21.5. The van der Waals surface area contributed by atoms with Crippen LogP contribution in [0.2, 0.25) is 0 Å². The van der Waals surface area contributed by atoms with E-state index in [1.807, 2.05) is 24.4 Å². The van der Waals surface area contributed by atoms with Crippen LogP contribution in [0.25, 0.3) is 38.5 Å². The lowest BCUT2D eigenvalue weighted by molar-refractivity contribution is 0.455. The molecule has 37 heavy (non-hydrogen) atoms. The van der Waals surface area contributed by atoms with Gasteiger partial charge in [-0.25, -0.2) is 9.97 Å². The Kier molecular flexibility index (Phi) is 5.56. The first kappa shape index (κ1) is 23.0. The first-order chi connectivity index (χ1) is 17.9. The van der Waals surface area contributed by atoms with Crippen molar-refractivity contribution in [2.75, 3.05) is 0 Å². The minimum absolute atomic E-state index is 0.176. The molecule has 0 saturated heterocycles. The molecule has 0 saturated carbocycles. The molecule has 6 aromatic rings. The van der Waals surface area contributed by atoms with Gasteiger partial charge in [-0.3, -0.25) is 4.57 Å². The number of pyridine rings is 2. The number of para-hydroxylation sites is 1. The normalized spacial score (nSPS) is 11.7. The molecule has 0 aliphatic heterocycles.